The highest BCUT2D eigenvalue weighted by Crippen LogP contribution is 2.16. The molecule has 1 aliphatic heterocycles. The zero-order valence-electron chi connectivity index (χ0n) is 12.1. The first-order chi connectivity index (χ1) is 8.08. The molecule has 1 fully saturated rings. The van der Waals surface area contributed by atoms with Crippen LogP contribution in [0.1, 0.15) is 13.8 Å². The van der Waals surface area contributed by atoms with Gasteiger partial charge in [-0.25, -0.2) is 0 Å². The van der Waals surface area contributed by atoms with Crippen LogP contribution in [0.2, 0.25) is 0 Å². The second-order valence-electron chi connectivity index (χ2n) is 5.39. The van der Waals surface area contributed by atoms with Crippen LogP contribution in [0.4, 0.5) is 0 Å². The van der Waals surface area contributed by atoms with E-state index in [1.54, 1.807) is 0 Å². The summed E-state index contributed by atoms with van der Waals surface area (Å²) >= 11 is 0. The second kappa shape index (κ2) is 7.31. The van der Waals surface area contributed by atoms with Gasteiger partial charge in [-0.15, -0.1) is 0 Å². The lowest BCUT2D eigenvalue weighted by Gasteiger charge is -2.33. The van der Waals surface area contributed by atoms with E-state index in [1.165, 1.54) is 0 Å². The zero-order chi connectivity index (χ0) is 12.8. The van der Waals surface area contributed by atoms with E-state index in [4.69, 9.17) is 4.74 Å². The first-order valence-electron chi connectivity index (χ1n) is 6.72. The van der Waals surface area contributed by atoms with Crippen molar-refractivity contribution in [1.29, 1.82) is 0 Å². The Kier molecular flexibility index (Phi) is 6.41. The van der Waals surface area contributed by atoms with E-state index in [1.807, 2.05) is 7.05 Å². The van der Waals surface area contributed by atoms with Crippen LogP contribution < -0.4 is 5.32 Å². The van der Waals surface area contributed by atoms with Crippen molar-refractivity contribution in [2.75, 3.05) is 54.0 Å². The molecule has 3 atom stereocenters. The monoisotopic (exact) mass is 243 g/mol. The van der Waals surface area contributed by atoms with E-state index in [9.17, 15) is 0 Å². The molecule has 1 N–H and O–H groups in total. The number of rotatable bonds is 7. The average molecular weight is 243 g/mol. The van der Waals surface area contributed by atoms with Crippen LogP contribution in [0.5, 0.6) is 0 Å². The lowest BCUT2D eigenvalue weighted by molar-refractivity contribution is 0.137. The SMILES string of the molecule is CCN(CC1COCC1NC)C(C)CN(C)C. The summed E-state index contributed by atoms with van der Waals surface area (Å²) in [5.41, 5.74) is 0. The molecular formula is C13H29N3O. The smallest absolute Gasteiger partial charge is 0.0623 e. The van der Waals surface area contributed by atoms with Gasteiger partial charge < -0.3 is 15.0 Å². The van der Waals surface area contributed by atoms with Gasteiger partial charge in [0, 0.05) is 31.1 Å². The lowest BCUT2D eigenvalue weighted by atomic mass is 10.0. The highest BCUT2D eigenvalue weighted by molar-refractivity contribution is 4.84. The fourth-order valence-corrected chi connectivity index (χ4v) is 2.66. The maximum Gasteiger partial charge on any atom is 0.0623 e. The summed E-state index contributed by atoms with van der Waals surface area (Å²) in [5.74, 6) is 0.629. The quantitative estimate of drug-likeness (QED) is 0.704. The van der Waals surface area contributed by atoms with E-state index in [2.05, 4.69) is 43.1 Å². The Morgan fingerprint density at radius 1 is 1.35 bits per heavy atom. The van der Waals surface area contributed by atoms with Crippen molar-refractivity contribution < 1.29 is 4.74 Å². The van der Waals surface area contributed by atoms with Crippen molar-refractivity contribution in [1.82, 2.24) is 15.1 Å². The maximum atomic E-state index is 5.57. The molecule has 0 aromatic rings. The molecule has 0 radical (unpaired) electrons. The summed E-state index contributed by atoms with van der Waals surface area (Å²) in [7, 11) is 6.31. The molecule has 0 bridgehead atoms. The van der Waals surface area contributed by atoms with Gasteiger partial charge >= 0.3 is 0 Å². The van der Waals surface area contributed by atoms with E-state index < -0.39 is 0 Å². The average Bonchev–Trinajstić information content (AvgIpc) is 2.71. The van der Waals surface area contributed by atoms with Gasteiger partial charge in [-0.05, 0) is 34.6 Å². The summed E-state index contributed by atoms with van der Waals surface area (Å²) in [6, 6.07) is 1.13. The van der Waals surface area contributed by atoms with Crippen molar-refractivity contribution in [2.24, 2.45) is 5.92 Å². The Hall–Kier alpha value is -0.160. The van der Waals surface area contributed by atoms with Crippen molar-refractivity contribution in [3.8, 4) is 0 Å². The molecule has 4 nitrogen and oxygen atoms in total. The summed E-state index contributed by atoms with van der Waals surface area (Å²) in [6.45, 7) is 9.69. The minimum atomic E-state index is 0.524. The number of ether oxygens (including phenoxy) is 1. The molecule has 0 aromatic heterocycles. The molecule has 4 heteroatoms. The minimum absolute atomic E-state index is 0.524. The van der Waals surface area contributed by atoms with Gasteiger partial charge in [0.15, 0.2) is 0 Å². The molecular weight excluding hydrogens is 214 g/mol. The van der Waals surface area contributed by atoms with Gasteiger partial charge in [-0.2, -0.15) is 0 Å². The van der Waals surface area contributed by atoms with Gasteiger partial charge in [0.05, 0.1) is 13.2 Å². The van der Waals surface area contributed by atoms with Gasteiger partial charge in [-0.1, -0.05) is 6.92 Å². The minimum Gasteiger partial charge on any atom is -0.379 e. The predicted octanol–water partition coefficient (Wildman–Crippen LogP) is 0.493. The van der Waals surface area contributed by atoms with Gasteiger partial charge in [0.25, 0.3) is 0 Å². The van der Waals surface area contributed by atoms with Crippen LogP contribution >= 0.6 is 0 Å². The summed E-state index contributed by atoms with van der Waals surface area (Å²) in [4.78, 5) is 4.82. The van der Waals surface area contributed by atoms with Crippen LogP contribution in [0, 0.1) is 5.92 Å². The van der Waals surface area contributed by atoms with Crippen molar-refractivity contribution in [3.05, 3.63) is 0 Å². The molecule has 102 valence electrons. The largest absolute Gasteiger partial charge is 0.379 e. The van der Waals surface area contributed by atoms with Crippen LogP contribution in [0.25, 0.3) is 0 Å². The first-order valence-corrected chi connectivity index (χ1v) is 6.72. The highest BCUT2D eigenvalue weighted by Gasteiger charge is 2.29. The third kappa shape index (κ3) is 4.54. The Bertz CT molecular complexity index is 211. The molecule has 1 saturated heterocycles. The van der Waals surface area contributed by atoms with Crippen LogP contribution in [-0.2, 0) is 4.74 Å². The summed E-state index contributed by atoms with van der Waals surface area (Å²) in [5, 5.41) is 3.36. The third-order valence-corrected chi connectivity index (χ3v) is 3.70. The van der Waals surface area contributed by atoms with E-state index in [0.29, 0.717) is 18.0 Å². The fraction of sp³-hybridized carbons (Fsp3) is 1.00. The molecule has 0 saturated carbocycles. The third-order valence-electron chi connectivity index (χ3n) is 3.70. The number of likely N-dealkylation sites (N-methyl/N-ethyl adjacent to an activating group) is 3. The number of nitrogens with one attached hydrogen (secondary N) is 1. The van der Waals surface area contributed by atoms with Crippen molar-refractivity contribution in [3.63, 3.8) is 0 Å². The van der Waals surface area contributed by atoms with E-state index >= 15 is 0 Å². The molecule has 17 heavy (non-hydrogen) atoms. The normalized spacial score (nSPS) is 27.0. The second-order valence-corrected chi connectivity index (χ2v) is 5.39. The molecule has 0 aliphatic carbocycles. The van der Waals surface area contributed by atoms with E-state index in [0.717, 1.165) is 32.8 Å². The predicted molar refractivity (Wildman–Crippen MR) is 72.4 cm³/mol. The zero-order valence-corrected chi connectivity index (χ0v) is 12.1. The molecule has 1 heterocycles. The first kappa shape index (κ1) is 14.9. The fourth-order valence-electron chi connectivity index (χ4n) is 2.66. The molecule has 3 unspecified atom stereocenters. The molecule has 1 rings (SSSR count). The molecule has 1 aliphatic rings. The Morgan fingerprint density at radius 3 is 2.59 bits per heavy atom. The van der Waals surface area contributed by atoms with Gasteiger partial charge in [-0.3, -0.25) is 4.90 Å². The Balaban J connectivity index is 2.45. The molecule has 0 spiro atoms. The molecule has 0 aromatic carbocycles. The highest BCUT2D eigenvalue weighted by atomic mass is 16.5. The van der Waals surface area contributed by atoms with Crippen molar-refractivity contribution in [2.45, 2.75) is 25.9 Å². The van der Waals surface area contributed by atoms with E-state index in [-0.39, 0.29) is 0 Å². The molecule has 0 amide bonds. The number of hydrogen-bond donors (Lipinski definition) is 1. The van der Waals surface area contributed by atoms with Gasteiger partial charge in [0.1, 0.15) is 0 Å². The summed E-state index contributed by atoms with van der Waals surface area (Å²) < 4.78 is 5.57. The van der Waals surface area contributed by atoms with Crippen LogP contribution in [-0.4, -0.2) is 75.9 Å². The number of hydrogen-bond acceptors (Lipinski definition) is 4. The Morgan fingerprint density at radius 2 is 2.06 bits per heavy atom. The van der Waals surface area contributed by atoms with Crippen LogP contribution in [0.15, 0.2) is 0 Å². The maximum absolute atomic E-state index is 5.57. The van der Waals surface area contributed by atoms with Gasteiger partial charge in [0.2, 0.25) is 0 Å². The Labute approximate surface area is 106 Å². The topological polar surface area (TPSA) is 27.7 Å². The summed E-state index contributed by atoms with van der Waals surface area (Å²) in [6.07, 6.45) is 0. The number of nitrogens with zero attached hydrogens (tertiary/aromatic N) is 2. The lowest BCUT2D eigenvalue weighted by Crippen LogP contribution is -2.46. The van der Waals surface area contributed by atoms with Crippen LogP contribution in [0.3, 0.4) is 0 Å². The standard InChI is InChI=1S/C13H29N3O/c1-6-16(11(2)7-15(4)5)8-12-9-17-10-13(12)14-3/h11-14H,6-10H2,1-5H3. The van der Waals surface area contributed by atoms with Crippen molar-refractivity contribution >= 4 is 0 Å².